The highest BCUT2D eigenvalue weighted by molar-refractivity contribution is 7.99. The van der Waals surface area contributed by atoms with Crippen LogP contribution in [0.2, 0.25) is 0 Å². The first-order valence-electron chi connectivity index (χ1n) is 9.26. The third kappa shape index (κ3) is 3.82. The Hall–Kier alpha value is -2.05. The lowest BCUT2D eigenvalue weighted by molar-refractivity contribution is 0.102. The van der Waals surface area contributed by atoms with E-state index in [1.54, 1.807) is 7.11 Å². The summed E-state index contributed by atoms with van der Waals surface area (Å²) in [6.45, 7) is 9.72. The minimum absolute atomic E-state index is 0.138. The summed E-state index contributed by atoms with van der Waals surface area (Å²) < 4.78 is 9.62. The molecule has 2 aromatic heterocycles. The van der Waals surface area contributed by atoms with E-state index in [1.165, 1.54) is 11.8 Å². The van der Waals surface area contributed by atoms with Gasteiger partial charge in [0.15, 0.2) is 10.9 Å². The van der Waals surface area contributed by atoms with E-state index in [0.717, 1.165) is 39.7 Å². The van der Waals surface area contributed by atoms with Gasteiger partial charge in [-0.3, -0.25) is 4.79 Å². The monoisotopic (exact) mass is 385 g/mol. The average molecular weight is 386 g/mol. The molecule has 0 spiro atoms. The van der Waals surface area contributed by atoms with Crippen molar-refractivity contribution in [3.63, 3.8) is 0 Å². The number of ether oxygens (including phenoxy) is 1. The fourth-order valence-corrected chi connectivity index (χ4v) is 4.69. The second-order valence-corrected chi connectivity index (χ2v) is 7.74. The molecule has 0 fully saturated rings. The van der Waals surface area contributed by atoms with Crippen molar-refractivity contribution in [2.75, 3.05) is 19.5 Å². The highest BCUT2D eigenvalue weighted by Crippen LogP contribution is 2.26. The van der Waals surface area contributed by atoms with Crippen LogP contribution in [-0.4, -0.2) is 39.4 Å². The minimum atomic E-state index is 0.138. The van der Waals surface area contributed by atoms with Crippen molar-refractivity contribution in [2.24, 2.45) is 0 Å². The predicted molar refractivity (Wildman–Crippen MR) is 111 cm³/mol. The highest BCUT2D eigenvalue weighted by atomic mass is 32.2. The van der Waals surface area contributed by atoms with Gasteiger partial charge >= 0.3 is 0 Å². The Morgan fingerprint density at radius 2 is 2.04 bits per heavy atom. The number of methoxy groups -OCH3 is 1. The van der Waals surface area contributed by atoms with Crippen molar-refractivity contribution in [3.05, 3.63) is 47.3 Å². The summed E-state index contributed by atoms with van der Waals surface area (Å²) in [5.74, 6) is 0.519. The maximum absolute atomic E-state index is 12.9. The summed E-state index contributed by atoms with van der Waals surface area (Å²) >= 11 is 1.51. The number of thioether (sulfide) groups is 1. The van der Waals surface area contributed by atoms with Crippen LogP contribution in [0.25, 0.3) is 11.0 Å². The van der Waals surface area contributed by atoms with Gasteiger partial charge in [0.2, 0.25) is 0 Å². The Morgan fingerprint density at radius 1 is 1.30 bits per heavy atom. The Kier molecular flexibility index (Phi) is 6.07. The lowest BCUT2D eigenvalue weighted by atomic mass is 10.2. The number of Topliss-reactive ketones (excluding diaryl/α,β-unsaturated/α-hetero) is 1. The molecule has 0 saturated heterocycles. The van der Waals surface area contributed by atoms with Crippen LogP contribution < -0.4 is 0 Å². The Balaban J connectivity index is 1.80. The second-order valence-electron chi connectivity index (χ2n) is 6.80. The number of fused-ring (bicyclic) bond motifs is 1. The smallest absolute Gasteiger partial charge is 0.175 e. The van der Waals surface area contributed by atoms with E-state index in [4.69, 9.17) is 9.72 Å². The number of rotatable bonds is 8. The van der Waals surface area contributed by atoms with E-state index in [1.807, 2.05) is 38.1 Å². The molecule has 0 aliphatic rings. The molecule has 1 atom stereocenters. The van der Waals surface area contributed by atoms with Crippen LogP contribution in [-0.2, 0) is 11.3 Å². The number of aromatic nitrogens is 3. The normalized spacial score (nSPS) is 12.6. The van der Waals surface area contributed by atoms with Crippen molar-refractivity contribution >= 4 is 28.6 Å². The fraction of sp³-hybridized carbons (Fsp3) is 0.429. The largest absolute Gasteiger partial charge is 0.383 e. The van der Waals surface area contributed by atoms with Crippen LogP contribution in [0, 0.1) is 13.8 Å². The molecule has 3 rings (SSSR count). The summed E-state index contributed by atoms with van der Waals surface area (Å²) in [4.78, 5) is 17.6. The lowest BCUT2D eigenvalue weighted by Crippen LogP contribution is -2.14. The van der Waals surface area contributed by atoms with Gasteiger partial charge < -0.3 is 13.9 Å². The zero-order valence-corrected chi connectivity index (χ0v) is 17.5. The molecule has 1 aromatic carbocycles. The van der Waals surface area contributed by atoms with Gasteiger partial charge in [0, 0.05) is 30.6 Å². The third-order valence-electron chi connectivity index (χ3n) is 4.90. The number of nitrogens with zero attached hydrogens (tertiary/aromatic N) is 3. The molecular weight excluding hydrogens is 358 g/mol. The number of imidazole rings is 1. The van der Waals surface area contributed by atoms with E-state index in [2.05, 4.69) is 29.0 Å². The molecule has 0 saturated carbocycles. The van der Waals surface area contributed by atoms with Gasteiger partial charge in [-0.15, -0.1) is 0 Å². The van der Waals surface area contributed by atoms with Gasteiger partial charge in [-0.25, -0.2) is 4.98 Å². The first-order valence-corrected chi connectivity index (χ1v) is 10.2. The maximum atomic E-state index is 12.9. The van der Waals surface area contributed by atoms with E-state index < -0.39 is 0 Å². The van der Waals surface area contributed by atoms with Gasteiger partial charge in [0.1, 0.15) is 0 Å². The van der Waals surface area contributed by atoms with Crippen molar-refractivity contribution < 1.29 is 9.53 Å². The van der Waals surface area contributed by atoms with Crippen molar-refractivity contribution in [1.29, 1.82) is 0 Å². The molecular formula is C21H27N3O2S. The summed E-state index contributed by atoms with van der Waals surface area (Å²) in [5, 5.41) is 0.897. The SMILES string of the molecule is CCn1c(SCC(=O)c2cc(C)n([C@H](C)COC)c2C)nc2ccccc21. The van der Waals surface area contributed by atoms with Gasteiger partial charge in [-0.1, -0.05) is 23.9 Å². The molecule has 6 heteroatoms. The minimum Gasteiger partial charge on any atom is -0.383 e. The summed E-state index contributed by atoms with van der Waals surface area (Å²) in [5.41, 5.74) is 4.97. The van der Waals surface area contributed by atoms with Gasteiger partial charge in [-0.2, -0.15) is 0 Å². The topological polar surface area (TPSA) is 49.0 Å². The molecule has 3 aromatic rings. The van der Waals surface area contributed by atoms with Crippen LogP contribution in [0.15, 0.2) is 35.5 Å². The molecule has 5 nitrogen and oxygen atoms in total. The van der Waals surface area contributed by atoms with Crippen molar-refractivity contribution in [2.45, 2.75) is 45.4 Å². The quantitative estimate of drug-likeness (QED) is 0.418. The molecule has 0 amide bonds. The summed E-state index contributed by atoms with van der Waals surface area (Å²) in [6, 6.07) is 10.3. The Morgan fingerprint density at radius 3 is 2.74 bits per heavy atom. The lowest BCUT2D eigenvalue weighted by Gasteiger charge is -2.17. The first kappa shape index (κ1) is 19.7. The molecule has 0 bridgehead atoms. The molecule has 0 unspecified atom stereocenters. The molecule has 144 valence electrons. The summed E-state index contributed by atoms with van der Waals surface area (Å²) in [7, 11) is 1.70. The first-order chi connectivity index (χ1) is 13.0. The fourth-order valence-electron chi connectivity index (χ4n) is 3.73. The van der Waals surface area contributed by atoms with Crippen LogP contribution in [0.5, 0.6) is 0 Å². The van der Waals surface area contributed by atoms with Gasteiger partial charge in [-0.05, 0) is 45.9 Å². The number of aryl methyl sites for hydroxylation is 2. The second kappa shape index (κ2) is 8.31. The maximum Gasteiger partial charge on any atom is 0.175 e. The van der Waals surface area contributed by atoms with Gasteiger partial charge in [0.25, 0.3) is 0 Å². The number of ketones is 1. The zero-order valence-electron chi connectivity index (χ0n) is 16.7. The van der Waals surface area contributed by atoms with E-state index >= 15 is 0 Å². The number of hydrogen-bond acceptors (Lipinski definition) is 4. The van der Waals surface area contributed by atoms with Crippen LogP contribution in [0.4, 0.5) is 0 Å². The van der Waals surface area contributed by atoms with Crippen LogP contribution in [0.3, 0.4) is 0 Å². The van der Waals surface area contributed by atoms with E-state index in [0.29, 0.717) is 12.4 Å². The molecule has 27 heavy (non-hydrogen) atoms. The predicted octanol–water partition coefficient (Wildman–Crippen LogP) is 4.66. The molecule has 0 aliphatic heterocycles. The highest BCUT2D eigenvalue weighted by Gasteiger charge is 2.20. The average Bonchev–Trinajstić information content (AvgIpc) is 3.16. The Labute approximate surface area is 164 Å². The number of carbonyl (C=O) groups is 1. The molecule has 0 N–H and O–H groups in total. The zero-order chi connectivity index (χ0) is 19.6. The number of carbonyl (C=O) groups excluding carboxylic acids is 1. The summed E-state index contributed by atoms with van der Waals surface area (Å²) in [6.07, 6.45) is 0. The molecule has 0 aliphatic carbocycles. The molecule has 0 radical (unpaired) electrons. The van der Waals surface area contributed by atoms with Crippen molar-refractivity contribution in [1.82, 2.24) is 14.1 Å². The van der Waals surface area contributed by atoms with E-state index in [-0.39, 0.29) is 11.8 Å². The van der Waals surface area contributed by atoms with Crippen molar-refractivity contribution in [3.8, 4) is 0 Å². The Bertz CT molecular complexity index is 958. The van der Waals surface area contributed by atoms with Crippen LogP contribution in [0.1, 0.15) is 41.6 Å². The van der Waals surface area contributed by atoms with Crippen LogP contribution >= 0.6 is 11.8 Å². The molecule has 2 heterocycles. The number of benzene rings is 1. The number of hydrogen-bond donors (Lipinski definition) is 0. The third-order valence-corrected chi connectivity index (χ3v) is 5.88. The number of para-hydroxylation sites is 2. The van der Waals surface area contributed by atoms with Gasteiger partial charge in [0.05, 0.1) is 29.4 Å². The van der Waals surface area contributed by atoms with E-state index in [9.17, 15) is 4.79 Å². The standard InChI is InChI=1S/C21H27N3O2S/c1-6-23-19-10-8-7-9-18(19)22-21(23)27-13-20(25)17-11-14(2)24(16(17)4)15(3)12-26-5/h7-11,15H,6,12-13H2,1-5H3/t15-/m1/s1.